The van der Waals surface area contributed by atoms with Gasteiger partial charge in [0.15, 0.2) is 10.8 Å². The average molecular weight is 1530 g/mol. The molecule has 4 aromatic heterocycles. The number of hydrogen-bond acceptors (Lipinski definition) is 27. The zero-order valence-corrected chi connectivity index (χ0v) is 60.5. The van der Waals surface area contributed by atoms with Gasteiger partial charge in [0.1, 0.15) is 89.8 Å². The highest BCUT2D eigenvalue weighted by molar-refractivity contribution is 8.15. The fraction of sp³-hybridized carbons (Fsp3) is 0.410. The molecule has 7 aliphatic heterocycles. The number of nitrogens with one attached hydrogen (secondary N) is 11. The highest BCUT2D eigenvalue weighted by Crippen LogP contribution is 2.35. The lowest BCUT2D eigenvalue weighted by Crippen LogP contribution is -2.60. The Morgan fingerprint density at radius 1 is 0.716 bits per heavy atom. The minimum absolute atomic E-state index is 0.000233. The molecule has 16 N–H and O–H groups in total. The first kappa shape index (κ1) is 75.2. The van der Waals surface area contributed by atoms with E-state index >= 15 is 4.79 Å². The highest BCUT2D eigenvalue weighted by atomic mass is 32.2. The predicted molar refractivity (Wildman–Crippen MR) is 388 cm³/mol. The molecule has 11 rings (SSSR count). The number of thiazole rings is 3. The van der Waals surface area contributed by atoms with Crippen molar-refractivity contribution in [2.75, 3.05) is 42.6 Å². The minimum Gasteiger partial charge on any atom is -0.480 e. The quantitative estimate of drug-likeness (QED) is 0.0502. The number of primary amides is 1. The number of aliphatic carboxylic acids is 1. The van der Waals surface area contributed by atoms with Crippen LogP contribution in [0, 0.1) is 5.41 Å². The summed E-state index contributed by atoms with van der Waals surface area (Å²) in [7, 11) is 0. The molecule has 11 heterocycles. The van der Waals surface area contributed by atoms with Crippen LogP contribution in [0.1, 0.15) is 98.3 Å². The third-order valence-corrected chi connectivity index (χ3v) is 23.4. The van der Waals surface area contributed by atoms with Crippen LogP contribution >= 0.6 is 81.1 Å². The van der Waals surface area contributed by atoms with Crippen LogP contribution in [0.25, 0.3) is 27.1 Å². The van der Waals surface area contributed by atoms with E-state index in [1.807, 2.05) is 0 Å². The van der Waals surface area contributed by atoms with Gasteiger partial charge in [0.2, 0.25) is 41.4 Å². The van der Waals surface area contributed by atoms with E-state index in [4.69, 9.17) is 36.8 Å². The fourth-order valence-corrected chi connectivity index (χ4v) is 17.5. The maximum Gasteiger partial charge on any atom is 0.327 e. The number of aromatic nitrogens is 4. The molecule has 4 aromatic rings. The standard InChI is InChI=1S/C61H69N21O13S7/c1-6-28-49(90)81-61(5)59(95)80-30(10-8-14-65-60(63)64)45(86)66-17-42(84)69-29(7-2)57(92)82-15-9-11-40(82)50(91)67-25(3)43-27(44(85)72-32(16-41(62)83)53-74-34(19-97-53)47(88)71-28)12-13-31(70-43)52-78-37(22-100-52)54-75-33(18-98-54)46(87)68-26(4)51-77-36(21-96-51)56-79-38(23-101-56)55-76-35(20-99-55)48(89)73-39(24-102-61)58(93)94/h6-7,12-13,21-23,25,30,32-35,39-40H,4,8-11,14-20,24H2,1-3,5H3,(H2,62,83)(H,66,86)(H,67,91)(H,68,87)(H,69,84)(H,71,88)(H,72,85)(H,73,89)(H,80,95)(H,81,90)(H,93,94)(H4,63,64,65)/b28-6-,29-7-/t25-,30-,32-,33+,34?,35+,39-,40-,61?/m0/s1. The van der Waals surface area contributed by atoms with Crippen LogP contribution in [-0.2, 0) is 52.7 Å². The van der Waals surface area contributed by atoms with Gasteiger partial charge in [-0.15, -0.1) is 81.1 Å². The van der Waals surface area contributed by atoms with E-state index in [0.29, 0.717) is 60.4 Å². The molecular formula is C61H69N21O13S7. The Morgan fingerprint density at radius 3 is 2.01 bits per heavy atom. The van der Waals surface area contributed by atoms with Gasteiger partial charge in [-0.25, -0.2) is 24.7 Å². The second kappa shape index (κ2) is 33.1. The van der Waals surface area contributed by atoms with Crippen LogP contribution < -0.4 is 64.6 Å². The minimum atomic E-state index is -2.31. The van der Waals surface area contributed by atoms with Gasteiger partial charge < -0.3 is 74.6 Å². The van der Waals surface area contributed by atoms with E-state index in [0.717, 1.165) is 11.8 Å². The van der Waals surface area contributed by atoms with E-state index < -0.39 is 155 Å². The van der Waals surface area contributed by atoms with Crippen molar-refractivity contribution >= 4 is 179 Å². The highest BCUT2D eigenvalue weighted by Gasteiger charge is 2.43. The molecule has 34 nitrogen and oxygen atoms in total. The Hall–Kier alpha value is -9.42. The van der Waals surface area contributed by atoms with Crippen molar-refractivity contribution in [2.24, 2.45) is 26.4 Å². The van der Waals surface area contributed by atoms with Gasteiger partial charge in [0.25, 0.3) is 23.6 Å². The summed E-state index contributed by atoms with van der Waals surface area (Å²) in [6.07, 6.45) is 2.32. The van der Waals surface area contributed by atoms with Crippen molar-refractivity contribution in [3.05, 3.63) is 86.1 Å². The first-order chi connectivity index (χ1) is 48.7. The summed E-state index contributed by atoms with van der Waals surface area (Å²) in [5, 5.41) is 51.8. The number of carboxylic acids is 1. The van der Waals surface area contributed by atoms with Crippen LogP contribution in [0.3, 0.4) is 0 Å². The lowest BCUT2D eigenvalue weighted by Gasteiger charge is -2.32. The molecule has 16 bridgehead atoms. The molecule has 2 unspecified atom stereocenters. The number of rotatable bonds is 7. The molecule has 538 valence electrons. The lowest BCUT2D eigenvalue weighted by molar-refractivity contribution is -0.141. The number of aliphatic imine (C=N–C) groups is 3. The Labute approximate surface area is 610 Å². The topological polar surface area (TPSA) is 513 Å². The number of fused-ring (bicyclic) bond motifs is 8. The molecule has 102 heavy (non-hydrogen) atoms. The predicted octanol–water partition coefficient (Wildman–Crippen LogP) is 0.0186. The normalized spacial score (nSPS) is 26.1. The van der Waals surface area contributed by atoms with Crippen LogP contribution in [0.4, 0.5) is 0 Å². The fourth-order valence-electron chi connectivity index (χ4n) is 10.8. The van der Waals surface area contributed by atoms with E-state index in [1.54, 1.807) is 23.1 Å². The molecule has 7 aliphatic rings. The maximum atomic E-state index is 15.0. The van der Waals surface area contributed by atoms with Gasteiger partial charge in [0, 0.05) is 52.2 Å². The summed E-state index contributed by atoms with van der Waals surface area (Å²) in [6, 6.07) is -7.15. The number of hydrogen-bond donors (Lipinski definition) is 14. The molecule has 1 saturated heterocycles. The van der Waals surface area contributed by atoms with Gasteiger partial charge in [-0.1, -0.05) is 18.7 Å². The summed E-state index contributed by atoms with van der Waals surface area (Å²) < 4.78 is 0. The Morgan fingerprint density at radius 2 is 1.34 bits per heavy atom. The first-order valence-corrected chi connectivity index (χ1v) is 38.1. The molecule has 9 atom stereocenters. The molecule has 0 spiro atoms. The van der Waals surface area contributed by atoms with Crippen molar-refractivity contribution in [2.45, 2.75) is 113 Å². The number of carbonyl (C=O) groups is 12. The van der Waals surface area contributed by atoms with Crippen molar-refractivity contribution in [1.82, 2.24) is 78.0 Å². The van der Waals surface area contributed by atoms with Crippen LogP contribution in [0.5, 0.6) is 0 Å². The van der Waals surface area contributed by atoms with Crippen molar-refractivity contribution < 1.29 is 62.6 Å². The monoisotopic (exact) mass is 1530 g/mol. The maximum absolute atomic E-state index is 15.0. The zero-order valence-electron chi connectivity index (χ0n) is 54.8. The summed E-state index contributed by atoms with van der Waals surface area (Å²) in [5.41, 5.74) is 12.2. The average Bonchev–Trinajstić information content (AvgIpc) is 1.71. The lowest BCUT2D eigenvalue weighted by atomic mass is 10.0. The molecule has 11 amide bonds. The van der Waals surface area contributed by atoms with Crippen molar-refractivity contribution in [3.63, 3.8) is 0 Å². The van der Waals surface area contributed by atoms with Crippen LogP contribution in [0.15, 0.2) is 73.4 Å². The number of carbonyl (C=O) groups excluding carboxylic acids is 11. The Kier molecular flexibility index (Phi) is 24.4. The largest absolute Gasteiger partial charge is 0.480 e. The van der Waals surface area contributed by atoms with Crippen molar-refractivity contribution in [1.29, 1.82) is 5.41 Å². The van der Waals surface area contributed by atoms with E-state index in [-0.39, 0.29) is 83.0 Å². The van der Waals surface area contributed by atoms with Gasteiger partial charge >= 0.3 is 5.97 Å². The summed E-state index contributed by atoms with van der Waals surface area (Å²) in [6.45, 7) is 8.94. The number of thioether (sulfide) groups is 4. The molecule has 41 heteroatoms. The van der Waals surface area contributed by atoms with E-state index in [2.05, 4.69) is 74.7 Å². The molecule has 1 fully saturated rings. The van der Waals surface area contributed by atoms with Crippen LogP contribution in [0.2, 0.25) is 0 Å². The van der Waals surface area contributed by atoms with E-state index in [9.17, 15) is 57.8 Å². The van der Waals surface area contributed by atoms with Gasteiger partial charge in [-0.2, -0.15) is 0 Å². The number of guanidine groups is 1. The number of nitrogens with zero attached hydrogens (tertiary/aromatic N) is 8. The first-order valence-electron chi connectivity index (χ1n) is 31.5. The third kappa shape index (κ3) is 18.1. The van der Waals surface area contributed by atoms with Crippen molar-refractivity contribution in [3.8, 4) is 21.4 Å². The molecule has 0 aromatic carbocycles. The van der Waals surface area contributed by atoms with E-state index in [1.165, 1.54) is 107 Å². The molecular weight excluding hydrogens is 1460 g/mol. The molecule has 0 aliphatic carbocycles. The number of allylic oxidation sites excluding steroid dienone is 2. The smallest absolute Gasteiger partial charge is 0.327 e. The number of carboxylic acid groups (broad SMARTS) is 1. The Balaban J connectivity index is 1.05. The van der Waals surface area contributed by atoms with Gasteiger partial charge in [-0.3, -0.25) is 73.1 Å². The molecule has 0 saturated carbocycles. The number of nitrogens with two attached hydrogens (primary N) is 2. The number of pyridine rings is 1. The van der Waals surface area contributed by atoms with Gasteiger partial charge in [0.05, 0.1) is 52.7 Å². The summed E-state index contributed by atoms with van der Waals surface area (Å²) in [4.78, 5) is 201. The second-order valence-corrected chi connectivity index (χ2v) is 30.5. The second-order valence-electron chi connectivity index (χ2n) is 23.5. The number of amides is 11. The summed E-state index contributed by atoms with van der Waals surface area (Å²) >= 11 is 7.63. The molecule has 0 radical (unpaired) electrons. The zero-order chi connectivity index (χ0) is 73.3. The third-order valence-electron chi connectivity index (χ3n) is 16.1. The SMILES string of the molecule is C=C1NC(=O)[C@H]2CSC(=N2)c2csc(n2)-c2ccc3c(n2)[C@H](C)NC(=O)[C@@H]2CCCN2C(=O)/C(=C/C)NC(=O)CNC(=O)[C@H](CCCNC(=N)N)NC(=O)C(C)(NC(=O)/C(=C/C)NC(=O)C2CSC(=N2)[C@H](CC(N)=O)NC3=O)SC[C@@H](C(=O)O)NC(=O)[C@H]2CSC(=N2)c2csc(n2)-c2csc1n2. The summed E-state index contributed by atoms with van der Waals surface area (Å²) in [5.74, 6) is -11.8. The van der Waals surface area contributed by atoms with Crippen LogP contribution in [-0.4, -0.2) is 212 Å². The van der Waals surface area contributed by atoms with Gasteiger partial charge in [-0.05, 0) is 65.5 Å². The Bertz CT molecular complexity index is 4280.